The molecule has 0 radical (unpaired) electrons. The fourth-order valence-corrected chi connectivity index (χ4v) is 3.71. The number of hydrogen-bond acceptors (Lipinski definition) is 5. The summed E-state index contributed by atoms with van der Waals surface area (Å²) in [6.45, 7) is 2.27. The zero-order valence-electron chi connectivity index (χ0n) is 14.8. The Bertz CT molecular complexity index is 546. The molecule has 1 aliphatic heterocycles. The van der Waals surface area contributed by atoms with E-state index in [4.69, 9.17) is 4.74 Å². The normalized spacial score (nSPS) is 30.2. The number of hydrogen-bond donors (Lipinski definition) is 3. The van der Waals surface area contributed by atoms with Gasteiger partial charge in [0.1, 0.15) is 23.8 Å². The number of nitrogens with one attached hydrogen (secondary N) is 1. The van der Waals surface area contributed by atoms with E-state index in [-0.39, 0.29) is 18.0 Å². The van der Waals surface area contributed by atoms with Gasteiger partial charge in [-0.25, -0.2) is 4.39 Å². The summed E-state index contributed by atoms with van der Waals surface area (Å²) in [5, 5.41) is 24.7. The first-order chi connectivity index (χ1) is 12.0. The Morgan fingerprint density at radius 2 is 1.92 bits per heavy atom. The van der Waals surface area contributed by atoms with Crippen LogP contribution in [0.1, 0.15) is 32.1 Å². The third-order valence-electron chi connectivity index (χ3n) is 5.51. The molecule has 0 spiro atoms. The summed E-state index contributed by atoms with van der Waals surface area (Å²) < 4.78 is 18.9. The lowest BCUT2D eigenvalue weighted by Crippen LogP contribution is -2.56. The molecule has 1 aliphatic carbocycles. The first kappa shape index (κ1) is 18.6. The lowest BCUT2D eigenvalue weighted by molar-refractivity contribution is -0.0403. The first-order valence-electron chi connectivity index (χ1n) is 9.20. The van der Waals surface area contributed by atoms with Crippen LogP contribution in [-0.2, 0) is 0 Å². The van der Waals surface area contributed by atoms with Gasteiger partial charge >= 0.3 is 0 Å². The molecule has 0 amide bonds. The zero-order valence-corrected chi connectivity index (χ0v) is 14.8. The van der Waals surface area contributed by atoms with E-state index in [1.807, 2.05) is 0 Å². The van der Waals surface area contributed by atoms with Crippen LogP contribution in [0.2, 0.25) is 0 Å². The second-order valence-corrected chi connectivity index (χ2v) is 7.55. The maximum atomic E-state index is 13.0. The Kier molecular flexibility index (Phi) is 5.94. The molecule has 3 atom stereocenters. The van der Waals surface area contributed by atoms with Crippen molar-refractivity contribution in [2.24, 2.45) is 0 Å². The molecular formula is C19H29FN2O3. The van der Waals surface area contributed by atoms with Gasteiger partial charge in [-0.15, -0.1) is 0 Å². The number of aliphatic hydroxyl groups excluding tert-OH is 1. The van der Waals surface area contributed by atoms with Crippen LogP contribution in [0.4, 0.5) is 4.39 Å². The van der Waals surface area contributed by atoms with E-state index < -0.39 is 11.7 Å². The molecule has 5 nitrogen and oxygen atoms in total. The van der Waals surface area contributed by atoms with Crippen LogP contribution in [0.5, 0.6) is 5.75 Å². The molecule has 1 saturated carbocycles. The van der Waals surface area contributed by atoms with Gasteiger partial charge in [0.25, 0.3) is 0 Å². The number of aliphatic hydroxyl groups is 2. The van der Waals surface area contributed by atoms with Crippen molar-refractivity contribution >= 4 is 0 Å². The van der Waals surface area contributed by atoms with Crippen molar-refractivity contribution in [1.82, 2.24) is 10.2 Å². The van der Waals surface area contributed by atoms with E-state index in [1.165, 1.54) is 12.1 Å². The molecule has 1 aromatic carbocycles. The fourth-order valence-electron chi connectivity index (χ4n) is 3.71. The van der Waals surface area contributed by atoms with E-state index in [2.05, 4.69) is 17.3 Å². The van der Waals surface area contributed by atoms with E-state index in [0.29, 0.717) is 12.3 Å². The third kappa shape index (κ3) is 4.91. The molecular weight excluding hydrogens is 323 g/mol. The van der Waals surface area contributed by atoms with Crippen molar-refractivity contribution in [3.8, 4) is 5.75 Å². The van der Waals surface area contributed by atoms with Crippen LogP contribution >= 0.6 is 0 Å². The molecule has 1 saturated heterocycles. The van der Waals surface area contributed by atoms with E-state index in [1.54, 1.807) is 12.1 Å². The van der Waals surface area contributed by atoms with Gasteiger partial charge in [0, 0.05) is 25.7 Å². The summed E-state index contributed by atoms with van der Waals surface area (Å²) >= 11 is 0. The highest BCUT2D eigenvalue weighted by Crippen LogP contribution is 2.26. The van der Waals surface area contributed by atoms with Gasteiger partial charge in [0.2, 0.25) is 0 Å². The first-order valence-corrected chi connectivity index (χ1v) is 9.20. The molecule has 0 aromatic heterocycles. The number of rotatable bonds is 5. The highest BCUT2D eigenvalue weighted by Gasteiger charge is 2.36. The van der Waals surface area contributed by atoms with Crippen LogP contribution in [0.3, 0.4) is 0 Å². The lowest BCUT2D eigenvalue weighted by atomic mass is 9.87. The summed E-state index contributed by atoms with van der Waals surface area (Å²) in [6.07, 6.45) is 3.11. The van der Waals surface area contributed by atoms with Crippen molar-refractivity contribution in [3.63, 3.8) is 0 Å². The maximum absolute atomic E-state index is 13.0. The SMILES string of the molecule is CN1CCC(O)(CN[C@H]2CCC[C@@H](Oc3ccc(F)cc3)[C@@H]2O)CC1. The maximum Gasteiger partial charge on any atom is 0.126 e. The fraction of sp³-hybridized carbons (Fsp3) is 0.684. The monoisotopic (exact) mass is 352 g/mol. The van der Waals surface area contributed by atoms with Crippen LogP contribution in [0, 0.1) is 5.82 Å². The Hall–Kier alpha value is -1.21. The lowest BCUT2D eigenvalue weighted by Gasteiger charge is -2.40. The standard InChI is InChI=1S/C19H29FN2O3/c1-22-11-9-19(24,10-12-22)13-21-16-3-2-4-17(18(16)23)25-15-7-5-14(20)6-8-15/h5-8,16-18,21,23-24H,2-4,9-13H2,1H3/t16-,17+,18+/m0/s1. The van der Waals surface area contributed by atoms with Gasteiger partial charge in [-0.2, -0.15) is 0 Å². The van der Waals surface area contributed by atoms with Crippen molar-refractivity contribution < 1.29 is 19.3 Å². The Labute approximate surface area is 148 Å². The van der Waals surface area contributed by atoms with Crippen LogP contribution in [0.15, 0.2) is 24.3 Å². The number of halogens is 1. The third-order valence-corrected chi connectivity index (χ3v) is 5.51. The summed E-state index contributed by atoms with van der Waals surface area (Å²) in [4.78, 5) is 2.22. The van der Waals surface area contributed by atoms with Gasteiger partial charge in [-0.1, -0.05) is 0 Å². The highest BCUT2D eigenvalue weighted by atomic mass is 19.1. The predicted molar refractivity (Wildman–Crippen MR) is 94.1 cm³/mol. The average molecular weight is 352 g/mol. The summed E-state index contributed by atoms with van der Waals surface area (Å²) in [7, 11) is 2.06. The van der Waals surface area contributed by atoms with Crippen LogP contribution < -0.4 is 10.1 Å². The van der Waals surface area contributed by atoms with Crippen molar-refractivity contribution in [2.45, 2.75) is 56.0 Å². The smallest absolute Gasteiger partial charge is 0.126 e. The van der Waals surface area contributed by atoms with E-state index in [0.717, 1.165) is 45.2 Å². The largest absolute Gasteiger partial charge is 0.488 e. The van der Waals surface area contributed by atoms with Crippen LogP contribution in [0.25, 0.3) is 0 Å². The van der Waals surface area contributed by atoms with Gasteiger partial charge in [0.05, 0.1) is 5.60 Å². The number of ether oxygens (including phenoxy) is 1. The molecule has 3 N–H and O–H groups in total. The van der Waals surface area contributed by atoms with Gasteiger partial charge in [-0.05, 0) is 63.4 Å². The molecule has 25 heavy (non-hydrogen) atoms. The molecule has 140 valence electrons. The van der Waals surface area contributed by atoms with E-state index in [9.17, 15) is 14.6 Å². The summed E-state index contributed by atoms with van der Waals surface area (Å²) in [5.41, 5.74) is -0.697. The number of piperidine rings is 1. The minimum atomic E-state index is -0.697. The van der Waals surface area contributed by atoms with Crippen molar-refractivity contribution in [1.29, 1.82) is 0 Å². The second-order valence-electron chi connectivity index (χ2n) is 7.55. The zero-order chi connectivity index (χ0) is 17.9. The van der Waals surface area contributed by atoms with Gasteiger partial charge in [-0.3, -0.25) is 0 Å². The molecule has 2 fully saturated rings. The predicted octanol–water partition coefficient (Wildman–Crippen LogP) is 1.53. The minimum Gasteiger partial charge on any atom is -0.488 e. The molecule has 6 heteroatoms. The van der Waals surface area contributed by atoms with E-state index >= 15 is 0 Å². The minimum absolute atomic E-state index is 0.0946. The Morgan fingerprint density at radius 3 is 2.60 bits per heavy atom. The van der Waals surface area contributed by atoms with Crippen molar-refractivity contribution in [3.05, 3.63) is 30.1 Å². The average Bonchev–Trinajstić information content (AvgIpc) is 2.61. The number of benzene rings is 1. The highest BCUT2D eigenvalue weighted by molar-refractivity contribution is 5.22. The molecule has 1 heterocycles. The summed E-state index contributed by atoms with van der Waals surface area (Å²) in [5.74, 6) is 0.266. The topological polar surface area (TPSA) is 65.0 Å². The molecule has 1 aromatic rings. The van der Waals surface area contributed by atoms with Crippen molar-refractivity contribution in [2.75, 3.05) is 26.7 Å². The van der Waals surface area contributed by atoms with Gasteiger partial charge < -0.3 is 25.2 Å². The van der Waals surface area contributed by atoms with Crippen LogP contribution in [-0.4, -0.2) is 65.6 Å². The molecule has 3 rings (SSSR count). The number of nitrogens with zero attached hydrogens (tertiary/aromatic N) is 1. The molecule has 0 bridgehead atoms. The Balaban J connectivity index is 1.53. The quantitative estimate of drug-likeness (QED) is 0.750. The molecule has 0 unspecified atom stereocenters. The number of likely N-dealkylation sites (tertiary alicyclic amines) is 1. The molecule has 2 aliphatic rings. The Morgan fingerprint density at radius 1 is 1.24 bits per heavy atom. The van der Waals surface area contributed by atoms with Gasteiger partial charge in [0.15, 0.2) is 0 Å². The second kappa shape index (κ2) is 7.99. The summed E-state index contributed by atoms with van der Waals surface area (Å²) in [6, 6.07) is 5.79.